The molecular formula is C21H31NO4. The van der Waals surface area contributed by atoms with E-state index in [4.69, 9.17) is 14.2 Å². The van der Waals surface area contributed by atoms with Gasteiger partial charge in [-0.25, -0.2) is 4.79 Å². The number of amides is 1. The second-order valence-corrected chi connectivity index (χ2v) is 7.91. The van der Waals surface area contributed by atoms with Gasteiger partial charge in [0.05, 0.1) is 25.4 Å². The molecular weight excluding hydrogens is 330 g/mol. The van der Waals surface area contributed by atoms with Gasteiger partial charge in [-0.15, -0.1) is 6.58 Å². The zero-order valence-corrected chi connectivity index (χ0v) is 16.6. The first-order chi connectivity index (χ1) is 12.2. The molecule has 2 atom stereocenters. The maximum Gasteiger partial charge on any atom is 0.410 e. The molecule has 0 radical (unpaired) electrons. The highest BCUT2D eigenvalue weighted by Crippen LogP contribution is 2.33. The van der Waals surface area contributed by atoms with Crippen molar-refractivity contribution in [3.05, 3.63) is 42.5 Å². The fourth-order valence-corrected chi connectivity index (χ4v) is 3.25. The van der Waals surface area contributed by atoms with Gasteiger partial charge in [-0.05, 0) is 58.2 Å². The minimum atomic E-state index is -0.527. The number of nitrogens with zero attached hydrogens (tertiary/aromatic N) is 1. The highest BCUT2D eigenvalue weighted by atomic mass is 16.6. The molecule has 1 fully saturated rings. The normalized spacial score (nSPS) is 23.4. The molecule has 5 heteroatoms. The van der Waals surface area contributed by atoms with Crippen LogP contribution in [0.25, 0.3) is 0 Å². The van der Waals surface area contributed by atoms with E-state index >= 15 is 0 Å². The minimum Gasteiger partial charge on any atom is -0.497 e. The fraction of sp³-hybridized carbons (Fsp3) is 0.571. The van der Waals surface area contributed by atoms with Crippen molar-refractivity contribution in [3.8, 4) is 5.75 Å². The van der Waals surface area contributed by atoms with E-state index < -0.39 is 11.2 Å². The van der Waals surface area contributed by atoms with Gasteiger partial charge in [0.2, 0.25) is 0 Å². The number of carbonyl (C=O) groups is 1. The summed E-state index contributed by atoms with van der Waals surface area (Å²) < 4.78 is 17.0. The predicted molar refractivity (Wildman–Crippen MR) is 102 cm³/mol. The van der Waals surface area contributed by atoms with Gasteiger partial charge in [0, 0.05) is 6.54 Å². The highest BCUT2D eigenvalue weighted by molar-refractivity contribution is 5.69. The van der Waals surface area contributed by atoms with Crippen molar-refractivity contribution in [2.75, 3.05) is 13.7 Å². The van der Waals surface area contributed by atoms with Crippen LogP contribution in [-0.4, -0.2) is 41.9 Å². The number of benzene rings is 1. The Balaban J connectivity index is 2.09. The van der Waals surface area contributed by atoms with Gasteiger partial charge < -0.3 is 14.2 Å². The van der Waals surface area contributed by atoms with Crippen LogP contribution in [0.3, 0.4) is 0 Å². The summed E-state index contributed by atoms with van der Waals surface area (Å²) in [5.41, 5.74) is 0.0291. The summed E-state index contributed by atoms with van der Waals surface area (Å²) in [6, 6.07) is 7.57. The van der Waals surface area contributed by atoms with Gasteiger partial charge in [0.25, 0.3) is 0 Å². The summed E-state index contributed by atoms with van der Waals surface area (Å²) in [5.74, 6) is 0.817. The summed E-state index contributed by atoms with van der Waals surface area (Å²) >= 11 is 0. The van der Waals surface area contributed by atoms with Crippen LogP contribution in [0.2, 0.25) is 0 Å². The molecule has 5 nitrogen and oxygen atoms in total. The van der Waals surface area contributed by atoms with E-state index in [0.717, 1.165) is 24.2 Å². The summed E-state index contributed by atoms with van der Waals surface area (Å²) in [5, 5.41) is 0. The molecule has 0 aliphatic carbocycles. The Bertz CT molecular complexity index is 620. The summed E-state index contributed by atoms with van der Waals surface area (Å²) in [6.07, 6.45) is 3.19. The molecule has 1 aliphatic heterocycles. The average molecular weight is 361 g/mol. The molecule has 1 amide bonds. The first kappa shape index (κ1) is 20.3. The molecule has 2 rings (SSSR count). The molecule has 0 saturated carbocycles. The lowest BCUT2D eigenvalue weighted by molar-refractivity contribution is -0.110. The van der Waals surface area contributed by atoms with Crippen molar-refractivity contribution < 1.29 is 19.0 Å². The third-order valence-corrected chi connectivity index (χ3v) is 4.61. The molecule has 1 heterocycles. The average Bonchev–Trinajstić information content (AvgIpc) is 2.58. The van der Waals surface area contributed by atoms with Crippen LogP contribution in [0.1, 0.15) is 46.1 Å². The zero-order chi connectivity index (χ0) is 19.4. The third kappa shape index (κ3) is 5.01. The maximum absolute atomic E-state index is 12.6. The van der Waals surface area contributed by atoms with Gasteiger partial charge >= 0.3 is 6.09 Å². The number of ether oxygens (including phenoxy) is 3. The smallest absolute Gasteiger partial charge is 0.410 e. The first-order valence-electron chi connectivity index (χ1n) is 9.07. The van der Waals surface area contributed by atoms with E-state index in [0.29, 0.717) is 13.2 Å². The van der Waals surface area contributed by atoms with E-state index in [9.17, 15) is 4.79 Å². The number of likely N-dealkylation sites (tertiary alicyclic amines) is 1. The largest absolute Gasteiger partial charge is 0.497 e. The highest BCUT2D eigenvalue weighted by Gasteiger charge is 2.43. The van der Waals surface area contributed by atoms with Crippen molar-refractivity contribution in [2.24, 2.45) is 0 Å². The molecule has 0 unspecified atom stereocenters. The van der Waals surface area contributed by atoms with Crippen molar-refractivity contribution in [3.63, 3.8) is 0 Å². The molecule has 0 spiro atoms. The molecule has 0 bridgehead atoms. The Labute approximate surface area is 156 Å². The van der Waals surface area contributed by atoms with Crippen molar-refractivity contribution in [1.29, 1.82) is 0 Å². The fourth-order valence-electron chi connectivity index (χ4n) is 3.25. The summed E-state index contributed by atoms with van der Waals surface area (Å²) in [6.45, 7) is 12.7. The SMILES string of the molecule is C=C[C@H]1N(C(=O)OC(C)(C)C)CCC[C@@]1(C)OCc1ccc(OC)cc1. The number of rotatable bonds is 5. The van der Waals surface area contributed by atoms with Gasteiger partial charge in [-0.1, -0.05) is 18.2 Å². The number of carbonyl (C=O) groups excluding carboxylic acids is 1. The van der Waals surface area contributed by atoms with E-state index in [1.807, 2.05) is 52.0 Å². The first-order valence-corrected chi connectivity index (χ1v) is 9.07. The Kier molecular flexibility index (Phi) is 6.34. The van der Waals surface area contributed by atoms with Crippen LogP contribution in [0.15, 0.2) is 36.9 Å². The number of piperidine rings is 1. The van der Waals surface area contributed by atoms with Gasteiger partial charge in [-0.3, -0.25) is 4.90 Å². The summed E-state index contributed by atoms with van der Waals surface area (Å²) in [7, 11) is 1.65. The second-order valence-electron chi connectivity index (χ2n) is 7.91. The summed E-state index contributed by atoms with van der Waals surface area (Å²) in [4.78, 5) is 14.3. The van der Waals surface area contributed by atoms with Gasteiger partial charge in [0.1, 0.15) is 11.4 Å². The minimum absolute atomic E-state index is 0.232. The lowest BCUT2D eigenvalue weighted by Gasteiger charge is -2.46. The molecule has 0 aromatic heterocycles. The molecule has 0 N–H and O–H groups in total. The van der Waals surface area contributed by atoms with E-state index in [-0.39, 0.29) is 12.1 Å². The second kappa shape index (κ2) is 8.12. The topological polar surface area (TPSA) is 48.0 Å². The van der Waals surface area contributed by atoms with Crippen LogP contribution in [0.4, 0.5) is 4.79 Å². The van der Waals surface area contributed by atoms with Crippen molar-refractivity contribution in [1.82, 2.24) is 4.90 Å². The maximum atomic E-state index is 12.6. The van der Waals surface area contributed by atoms with Crippen LogP contribution in [0.5, 0.6) is 5.75 Å². The van der Waals surface area contributed by atoms with Crippen molar-refractivity contribution >= 4 is 6.09 Å². The standard InChI is InChI=1S/C21H31NO4/c1-7-18-21(5,25-15-16-9-11-17(24-6)12-10-16)13-8-14-22(18)19(23)26-20(2,3)4/h7,9-12,18H,1,8,13-15H2,2-6H3/t18-,21-/m1/s1. The monoisotopic (exact) mass is 361 g/mol. The molecule has 1 aromatic carbocycles. The number of hydrogen-bond acceptors (Lipinski definition) is 4. The van der Waals surface area contributed by atoms with Crippen LogP contribution in [-0.2, 0) is 16.1 Å². The molecule has 26 heavy (non-hydrogen) atoms. The quantitative estimate of drug-likeness (QED) is 0.722. The molecule has 144 valence electrons. The van der Waals surface area contributed by atoms with Crippen LogP contribution < -0.4 is 4.74 Å². The van der Waals surface area contributed by atoms with E-state index in [2.05, 4.69) is 6.58 Å². The van der Waals surface area contributed by atoms with Gasteiger partial charge in [-0.2, -0.15) is 0 Å². The van der Waals surface area contributed by atoms with E-state index in [1.54, 1.807) is 18.1 Å². The Morgan fingerprint density at radius 2 is 2.00 bits per heavy atom. The third-order valence-electron chi connectivity index (χ3n) is 4.61. The van der Waals surface area contributed by atoms with Crippen LogP contribution in [0, 0.1) is 0 Å². The predicted octanol–water partition coefficient (Wildman–Crippen LogP) is 4.56. The number of hydrogen-bond donors (Lipinski definition) is 0. The molecule has 1 saturated heterocycles. The van der Waals surface area contributed by atoms with Gasteiger partial charge in [0.15, 0.2) is 0 Å². The lowest BCUT2D eigenvalue weighted by Crippen LogP contribution is -2.58. The zero-order valence-electron chi connectivity index (χ0n) is 16.6. The Morgan fingerprint density at radius 1 is 1.35 bits per heavy atom. The van der Waals surface area contributed by atoms with Crippen LogP contribution >= 0.6 is 0 Å². The number of methoxy groups -OCH3 is 1. The Hall–Kier alpha value is -2.01. The van der Waals surface area contributed by atoms with Crippen molar-refractivity contribution in [2.45, 2.75) is 64.4 Å². The van der Waals surface area contributed by atoms with E-state index in [1.165, 1.54) is 0 Å². The Morgan fingerprint density at radius 3 is 2.54 bits per heavy atom. The lowest BCUT2D eigenvalue weighted by atomic mass is 9.86. The molecule has 1 aliphatic rings. The molecule has 1 aromatic rings.